The number of β-amino-alcohol motifs (C(OH)–C–C–N with tert-alkyl or cyclic N) is 1. The lowest BCUT2D eigenvalue weighted by molar-refractivity contribution is -0.110. The Morgan fingerprint density at radius 2 is 2.15 bits per heavy atom. The number of likely N-dealkylation sites (tertiary alicyclic amines) is 1. The van der Waals surface area contributed by atoms with Crippen LogP contribution in [0.15, 0.2) is 0 Å². The number of aliphatic hydroxyl groups is 1. The normalized spacial score (nSPS) is 27.2. The lowest BCUT2D eigenvalue weighted by Gasteiger charge is -2.47. The third-order valence-electron chi connectivity index (χ3n) is 3.09. The van der Waals surface area contributed by atoms with Gasteiger partial charge in [0, 0.05) is 25.4 Å². The maximum Gasteiger partial charge on any atom is 0.0928 e. The summed E-state index contributed by atoms with van der Waals surface area (Å²) in [4.78, 5) is 2.38. The summed E-state index contributed by atoms with van der Waals surface area (Å²) >= 11 is 1.99. The molecule has 1 aliphatic heterocycles. The summed E-state index contributed by atoms with van der Waals surface area (Å²) in [6, 6.07) is 0. The first-order valence-electron chi connectivity index (χ1n) is 5.27. The van der Waals surface area contributed by atoms with Gasteiger partial charge < -0.3 is 5.11 Å². The van der Waals surface area contributed by atoms with Crippen LogP contribution in [0.2, 0.25) is 0 Å². The Morgan fingerprint density at radius 3 is 2.69 bits per heavy atom. The molecule has 0 aromatic heterocycles. The first kappa shape index (κ1) is 9.81. The molecule has 1 saturated carbocycles. The molecule has 0 aromatic carbocycles. The Labute approximate surface area is 84.7 Å². The van der Waals surface area contributed by atoms with E-state index < -0.39 is 0 Å². The Hall–Kier alpha value is 0.270. The van der Waals surface area contributed by atoms with Gasteiger partial charge in [-0.1, -0.05) is 6.92 Å². The predicted molar refractivity (Wildman–Crippen MR) is 57.1 cm³/mol. The van der Waals surface area contributed by atoms with Crippen molar-refractivity contribution in [2.75, 3.05) is 31.1 Å². The highest BCUT2D eigenvalue weighted by Gasteiger charge is 2.51. The van der Waals surface area contributed by atoms with Crippen LogP contribution in [0, 0.1) is 5.92 Å². The molecule has 0 amide bonds. The molecule has 1 N–H and O–H groups in total. The maximum atomic E-state index is 10.0. The zero-order valence-corrected chi connectivity index (χ0v) is 9.15. The van der Waals surface area contributed by atoms with Crippen LogP contribution >= 0.6 is 11.8 Å². The van der Waals surface area contributed by atoms with E-state index in [1.54, 1.807) is 0 Å². The third-order valence-corrected chi connectivity index (χ3v) is 3.97. The summed E-state index contributed by atoms with van der Waals surface area (Å²) in [7, 11) is 0. The van der Waals surface area contributed by atoms with Gasteiger partial charge in [-0.25, -0.2) is 0 Å². The molecule has 2 rings (SSSR count). The van der Waals surface area contributed by atoms with Gasteiger partial charge in [0.2, 0.25) is 0 Å². The van der Waals surface area contributed by atoms with Crippen LogP contribution < -0.4 is 0 Å². The number of hydrogen-bond acceptors (Lipinski definition) is 3. The molecular weight excluding hydrogens is 182 g/mol. The number of nitrogens with zero attached hydrogens (tertiary/aromatic N) is 1. The molecule has 1 aliphatic carbocycles. The topological polar surface area (TPSA) is 23.5 Å². The van der Waals surface area contributed by atoms with Gasteiger partial charge in [-0.3, -0.25) is 4.90 Å². The summed E-state index contributed by atoms with van der Waals surface area (Å²) in [6.45, 7) is 5.22. The van der Waals surface area contributed by atoms with Crippen molar-refractivity contribution >= 4 is 11.8 Å². The van der Waals surface area contributed by atoms with Crippen molar-refractivity contribution in [3.05, 3.63) is 0 Å². The highest BCUT2D eigenvalue weighted by atomic mass is 32.2. The minimum Gasteiger partial charge on any atom is -0.387 e. The van der Waals surface area contributed by atoms with Crippen LogP contribution in [0.3, 0.4) is 0 Å². The third kappa shape index (κ3) is 2.20. The van der Waals surface area contributed by atoms with Gasteiger partial charge in [0.15, 0.2) is 0 Å². The Morgan fingerprint density at radius 1 is 1.46 bits per heavy atom. The fourth-order valence-electron chi connectivity index (χ4n) is 2.10. The van der Waals surface area contributed by atoms with Gasteiger partial charge >= 0.3 is 0 Å². The molecule has 0 aromatic rings. The quantitative estimate of drug-likeness (QED) is 0.676. The molecule has 2 aliphatic rings. The second-order valence-electron chi connectivity index (χ2n) is 4.29. The molecule has 0 bridgehead atoms. The number of rotatable bonds is 5. The van der Waals surface area contributed by atoms with Crippen molar-refractivity contribution in [2.45, 2.75) is 25.4 Å². The van der Waals surface area contributed by atoms with Gasteiger partial charge in [0.1, 0.15) is 0 Å². The van der Waals surface area contributed by atoms with E-state index in [1.165, 1.54) is 24.3 Å². The van der Waals surface area contributed by atoms with E-state index in [1.807, 2.05) is 11.8 Å². The molecule has 0 spiro atoms. The summed E-state index contributed by atoms with van der Waals surface area (Å²) in [5.41, 5.74) is -0.281. The van der Waals surface area contributed by atoms with Gasteiger partial charge in [-0.15, -0.1) is 0 Å². The Kier molecular flexibility index (Phi) is 2.86. The zero-order valence-electron chi connectivity index (χ0n) is 8.33. The van der Waals surface area contributed by atoms with Crippen molar-refractivity contribution in [1.82, 2.24) is 4.90 Å². The molecule has 3 heteroatoms. The van der Waals surface area contributed by atoms with E-state index in [-0.39, 0.29) is 5.60 Å². The minimum absolute atomic E-state index is 0.281. The first-order chi connectivity index (χ1) is 6.24. The molecule has 13 heavy (non-hydrogen) atoms. The highest BCUT2D eigenvalue weighted by Crippen LogP contribution is 2.44. The van der Waals surface area contributed by atoms with Crippen molar-refractivity contribution in [2.24, 2.45) is 5.92 Å². The number of thioether (sulfide) groups is 1. The smallest absolute Gasteiger partial charge is 0.0928 e. The average molecular weight is 201 g/mol. The lowest BCUT2D eigenvalue weighted by Crippen LogP contribution is -2.63. The van der Waals surface area contributed by atoms with Crippen molar-refractivity contribution in [3.63, 3.8) is 0 Å². The molecule has 1 heterocycles. The predicted octanol–water partition coefficient (Wildman–Crippen LogP) is 1.20. The molecular formula is C10H19NOS. The maximum absolute atomic E-state index is 10.0. The van der Waals surface area contributed by atoms with Crippen molar-refractivity contribution in [1.29, 1.82) is 0 Å². The summed E-state index contributed by atoms with van der Waals surface area (Å²) < 4.78 is 0. The van der Waals surface area contributed by atoms with Crippen LogP contribution in [-0.4, -0.2) is 46.7 Å². The molecule has 2 fully saturated rings. The largest absolute Gasteiger partial charge is 0.387 e. The van der Waals surface area contributed by atoms with E-state index in [4.69, 9.17) is 0 Å². The van der Waals surface area contributed by atoms with Crippen molar-refractivity contribution < 1.29 is 5.11 Å². The van der Waals surface area contributed by atoms with E-state index in [0.29, 0.717) is 5.92 Å². The van der Waals surface area contributed by atoms with Crippen molar-refractivity contribution in [3.8, 4) is 0 Å². The fourth-order valence-corrected chi connectivity index (χ4v) is 2.78. The Bertz CT molecular complexity index is 176. The molecule has 76 valence electrons. The molecule has 2 nitrogen and oxygen atoms in total. The summed E-state index contributed by atoms with van der Waals surface area (Å²) in [5.74, 6) is 3.07. The first-order valence-corrected chi connectivity index (χ1v) is 6.42. The van der Waals surface area contributed by atoms with Gasteiger partial charge in [0.25, 0.3) is 0 Å². The molecule has 0 unspecified atom stereocenters. The average Bonchev–Trinajstić information content (AvgIpc) is 2.83. The number of hydrogen-bond donors (Lipinski definition) is 1. The Balaban J connectivity index is 1.60. The van der Waals surface area contributed by atoms with Crippen LogP contribution in [0.1, 0.15) is 19.8 Å². The van der Waals surface area contributed by atoms with Gasteiger partial charge in [0.05, 0.1) is 5.60 Å². The standard InChI is InChI=1S/C10H19NOS/c1-2-13-6-5-11-7-10(12,8-11)9-3-4-9/h9,12H,2-8H2,1H3. The van der Waals surface area contributed by atoms with E-state index in [9.17, 15) is 5.11 Å². The van der Waals surface area contributed by atoms with Crippen LogP contribution in [0.5, 0.6) is 0 Å². The van der Waals surface area contributed by atoms with Crippen LogP contribution in [-0.2, 0) is 0 Å². The lowest BCUT2D eigenvalue weighted by atomic mass is 9.89. The van der Waals surface area contributed by atoms with Gasteiger partial charge in [-0.2, -0.15) is 11.8 Å². The monoisotopic (exact) mass is 201 g/mol. The second kappa shape index (κ2) is 3.79. The highest BCUT2D eigenvalue weighted by molar-refractivity contribution is 7.99. The summed E-state index contributed by atoms with van der Waals surface area (Å²) in [6.07, 6.45) is 2.52. The SMILES string of the molecule is CCSCCN1CC(O)(C2CC2)C1. The second-order valence-corrected chi connectivity index (χ2v) is 5.68. The van der Waals surface area contributed by atoms with E-state index in [2.05, 4.69) is 11.8 Å². The van der Waals surface area contributed by atoms with E-state index in [0.717, 1.165) is 19.6 Å². The van der Waals surface area contributed by atoms with Gasteiger partial charge in [-0.05, 0) is 24.5 Å². The van der Waals surface area contributed by atoms with Crippen LogP contribution in [0.25, 0.3) is 0 Å². The molecule has 0 radical (unpaired) electrons. The molecule has 0 atom stereocenters. The zero-order chi connectivity index (χ0) is 9.31. The fraction of sp³-hybridized carbons (Fsp3) is 1.00. The van der Waals surface area contributed by atoms with E-state index >= 15 is 0 Å². The molecule has 1 saturated heterocycles. The summed E-state index contributed by atoms with van der Waals surface area (Å²) in [5, 5.41) is 10.0. The minimum atomic E-state index is -0.281. The van der Waals surface area contributed by atoms with Crippen LogP contribution in [0.4, 0.5) is 0 Å².